The van der Waals surface area contributed by atoms with E-state index in [1.54, 1.807) is 0 Å². The zero-order valence-electron chi connectivity index (χ0n) is 7.08. The summed E-state index contributed by atoms with van der Waals surface area (Å²) in [6.07, 6.45) is 3.66. The van der Waals surface area contributed by atoms with Gasteiger partial charge in [0.05, 0.1) is 13.0 Å². The summed E-state index contributed by atoms with van der Waals surface area (Å²) in [6.45, 7) is 1.42. The van der Waals surface area contributed by atoms with Crippen LogP contribution in [0.2, 0.25) is 0 Å². The molecule has 0 amide bonds. The molecule has 1 heterocycles. The Morgan fingerprint density at radius 1 is 1.58 bits per heavy atom. The minimum Gasteiger partial charge on any atom is -0.481 e. The van der Waals surface area contributed by atoms with Crippen LogP contribution in [0.3, 0.4) is 0 Å². The molecule has 1 saturated carbocycles. The molecule has 0 spiro atoms. The van der Waals surface area contributed by atoms with Crippen LogP contribution in [-0.4, -0.2) is 24.3 Å². The van der Waals surface area contributed by atoms with Gasteiger partial charge >= 0.3 is 5.97 Å². The number of carboxylic acids is 1. The first kappa shape index (κ1) is 8.05. The summed E-state index contributed by atoms with van der Waals surface area (Å²) in [5.74, 6) is -0.0384. The fourth-order valence-corrected chi connectivity index (χ4v) is 2.23. The van der Waals surface area contributed by atoms with Gasteiger partial charge in [0.25, 0.3) is 0 Å². The van der Waals surface area contributed by atoms with Crippen molar-refractivity contribution in [3.63, 3.8) is 0 Å². The van der Waals surface area contributed by atoms with E-state index in [-0.39, 0.29) is 5.41 Å². The number of aliphatic carboxylic acids is 1. The van der Waals surface area contributed by atoms with Crippen molar-refractivity contribution < 1.29 is 14.6 Å². The predicted molar refractivity (Wildman–Crippen MR) is 42.8 cm³/mol. The maximum absolute atomic E-state index is 10.6. The molecule has 1 aliphatic carbocycles. The minimum atomic E-state index is -0.674. The van der Waals surface area contributed by atoms with E-state index >= 15 is 0 Å². The Hall–Kier alpha value is -0.570. The fourth-order valence-electron chi connectivity index (χ4n) is 2.23. The third-order valence-corrected chi connectivity index (χ3v) is 3.08. The average Bonchev–Trinajstić information content (AvgIpc) is 2.75. The van der Waals surface area contributed by atoms with Gasteiger partial charge in [0.2, 0.25) is 0 Å². The number of hydrogen-bond donors (Lipinski definition) is 1. The lowest BCUT2D eigenvalue weighted by Crippen LogP contribution is -2.27. The van der Waals surface area contributed by atoms with E-state index in [9.17, 15) is 4.79 Å². The van der Waals surface area contributed by atoms with Gasteiger partial charge in [-0.05, 0) is 25.2 Å². The van der Waals surface area contributed by atoms with Gasteiger partial charge in [-0.3, -0.25) is 4.79 Å². The summed E-state index contributed by atoms with van der Waals surface area (Å²) in [6, 6.07) is 0. The molecule has 1 N–H and O–H groups in total. The molecule has 1 aliphatic heterocycles. The van der Waals surface area contributed by atoms with Crippen LogP contribution in [0.1, 0.15) is 25.7 Å². The Kier molecular flexibility index (Phi) is 1.83. The Bertz CT molecular complexity index is 190. The monoisotopic (exact) mass is 170 g/mol. The van der Waals surface area contributed by atoms with Crippen LogP contribution in [0.5, 0.6) is 0 Å². The summed E-state index contributed by atoms with van der Waals surface area (Å²) in [7, 11) is 0. The van der Waals surface area contributed by atoms with Crippen molar-refractivity contribution in [2.75, 3.05) is 13.2 Å². The highest BCUT2D eigenvalue weighted by Crippen LogP contribution is 2.52. The SMILES string of the molecule is O=C(O)CC1(C2CC2)CCOC1. The highest BCUT2D eigenvalue weighted by Gasteiger charge is 2.48. The first-order chi connectivity index (χ1) is 5.73. The van der Waals surface area contributed by atoms with Crippen LogP contribution < -0.4 is 0 Å². The van der Waals surface area contributed by atoms with Crippen LogP contribution in [0.4, 0.5) is 0 Å². The molecular weight excluding hydrogens is 156 g/mol. The van der Waals surface area contributed by atoms with E-state index in [1.165, 1.54) is 12.8 Å². The second-order valence-corrected chi connectivity index (χ2v) is 4.01. The molecular formula is C9H14O3. The van der Waals surface area contributed by atoms with E-state index in [4.69, 9.17) is 9.84 Å². The van der Waals surface area contributed by atoms with Crippen molar-refractivity contribution in [2.45, 2.75) is 25.7 Å². The first-order valence-electron chi connectivity index (χ1n) is 4.52. The number of carboxylic acid groups (broad SMARTS) is 1. The molecule has 2 fully saturated rings. The van der Waals surface area contributed by atoms with E-state index in [0.717, 1.165) is 13.0 Å². The van der Waals surface area contributed by atoms with Gasteiger partial charge in [0.15, 0.2) is 0 Å². The molecule has 0 radical (unpaired) electrons. The smallest absolute Gasteiger partial charge is 0.304 e. The van der Waals surface area contributed by atoms with Gasteiger partial charge in [-0.15, -0.1) is 0 Å². The molecule has 0 aromatic carbocycles. The van der Waals surface area contributed by atoms with Crippen LogP contribution in [0.25, 0.3) is 0 Å². The molecule has 3 nitrogen and oxygen atoms in total. The third kappa shape index (κ3) is 1.33. The molecule has 1 atom stereocenters. The predicted octanol–water partition coefficient (Wildman–Crippen LogP) is 1.28. The van der Waals surface area contributed by atoms with Crippen LogP contribution >= 0.6 is 0 Å². The van der Waals surface area contributed by atoms with Gasteiger partial charge in [-0.2, -0.15) is 0 Å². The number of ether oxygens (including phenoxy) is 1. The van der Waals surface area contributed by atoms with Crippen LogP contribution in [0.15, 0.2) is 0 Å². The molecule has 1 saturated heterocycles. The highest BCUT2D eigenvalue weighted by atomic mass is 16.5. The van der Waals surface area contributed by atoms with E-state index < -0.39 is 5.97 Å². The summed E-state index contributed by atoms with van der Waals surface area (Å²) < 4.78 is 5.30. The summed E-state index contributed by atoms with van der Waals surface area (Å²) >= 11 is 0. The standard InChI is InChI=1S/C9H14O3/c10-8(11)5-9(7-1-2-7)3-4-12-6-9/h7H,1-6H2,(H,10,11). The Labute approximate surface area is 71.7 Å². The quantitative estimate of drug-likeness (QED) is 0.694. The van der Waals surface area contributed by atoms with Crippen molar-refractivity contribution in [3.05, 3.63) is 0 Å². The third-order valence-electron chi connectivity index (χ3n) is 3.08. The Morgan fingerprint density at radius 3 is 2.75 bits per heavy atom. The Balaban J connectivity index is 2.04. The van der Waals surface area contributed by atoms with Crippen LogP contribution in [0, 0.1) is 11.3 Å². The van der Waals surface area contributed by atoms with Gasteiger partial charge in [0, 0.05) is 12.0 Å². The molecule has 12 heavy (non-hydrogen) atoms. The molecule has 0 bridgehead atoms. The molecule has 0 aromatic heterocycles. The largest absolute Gasteiger partial charge is 0.481 e. The Morgan fingerprint density at radius 2 is 2.33 bits per heavy atom. The van der Waals surface area contributed by atoms with Crippen molar-refractivity contribution in [1.29, 1.82) is 0 Å². The van der Waals surface area contributed by atoms with Gasteiger partial charge in [0.1, 0.15) is 0 Å². The second-order valence-electron chi connectivity index (χ2n) is 4.01. The molecule has 2 rings (SSSR count). The van der Waals surface area contributed by atoms with Gasteiger partial charge in [-0.25, -0.2) is 0 Å². The average molecular weight is 170 g/mol. The normalized spacial score (nSPS) is 35.3. The maximum atomic E-state index is 10.6. The van der Waals surface area contributed by atoms with E-state index in [1.807, 2.05) is 0 Å². The molecule has 1 unspecified atom stereocenters. The maximum Gasteiger partial charge on any atom is 0.304 e. The summed E-state index contributed by atoms with van der Waals surface area (Å²) in [4.78, 5) is 10.6. The van der Waals surface area contributed by atoms with E-state index in [0.29, 0.717) is 18.9 Å². The van der Waals surface area contributed by atoms with Crippen molar-refractivity contribution >= 4 is 5.97 Å². The molecule has 0 aromatic rings. The lowest BCUT2D eigenvalue weighted by Gasteiger charge is -2.24. The summed E-state index contributed by atoms with van der Waals surface area (Å²) in [5, 5.41) is 8.76. The number of hydrogen-bond acceptors (Lipinski definition) is 2. The fraction of sp³-hybridized carbons (Fsp3) is 0.889. The first-order valence-corrected chi connectivity index (χ1v) is 4.52. The van der Waals surface area contributed by atoms with Gasteiger partial charge < -0.3 is 9.84 Å². The molecule has 68 valence electrons. The lowest BCUT2D eigenvalue weighted by atomic mass is 9.79. The van der Waals surface area contributed by atoms with Crippen molar-refractivity contribution in [2.24, 2.45) is 11.3 Å². The van der Waals surface area contributed by atoms with Crippen molar-refractivity contribution in [3.8, 4) is 0 Å². The summed E-state index contributed by atoms with van der Waals surface area (Å²) in [5.41, 5.74) is 0.00579. The number of carbonyl (C=O) groups is 1. The second kappa shape index (κ2) is 2.73. The molecule has 3 heteroatoms. The zero-order chi connectivity index (χ0) is 8.60. The van der Waals surface area contributed by atoms with Crippen LogP contribution in [-0.2, 0) is 9.53 Å². The van der Waals surface area contributed by atoms with E-state index in [2.05, 4.69) is 0 Å². The number of rotatable bonds is 3. The lowest BCUT2D eigenvalue weighted by molar-refractivity contribution is -0.140. The zero-order valence-corrected chi connectivity index (χ0v) is 7.08. The highest BCUT2D eigenvalue weighted by molar-refractivity contribution is 5.68. The van der Waals surface area contributed by atoms with Gasteiger partial charge in [-0.1, -0.05) is 0 Å². The molecule has 2 aliphatic rings. The topological polar surface area (TPSA) is 46.5 Å². The minimum absolute atomic E-state index is 0.00579. The van der Waals surface area contributed by atoms with Crippen molar-refractivity contribution in [1.82, 2.24) is 0 Å².